The van der Waals surface area contributed by atoms with E-state index in [0.29, 0.717) is 35.7 Å². The number of carbonyl (C=O) groups excluding carboxylic acids is 1. The van der Waals surface area contributed by atoms with E-state index < -0.39 is 0 Å². The molecule has 3 aromatic rings. The zero-order valence-electron chi connectivity index (χ0n) is 16.9. The molecule has 1 heterocycles. The maximum Gasteiger partial charge on any atom is 0.231 e. The molecule has 0 saturated heterocycles. The molecule has 0 unspecified atom stereocenters. The first kappa shape index (κ1) is 19.0. The summed E-state index contributed by atoms with van der Waals surface area (Å²) < 4.78 is 18.9. The summed E-state index contributed by atoms with van der Waals surface area (Å²) in [6.45, 7) is 0.588. The fourth-order valence-electron chi connectivity index (χ4n) is 5.28. The standard InChI is InChI=1S/C24H24FN3O2/c1-28(14-15-5-3-2-4-6-15)24(29)21-18-8-7-17(13-18)20(21)23-26-22(27-30-23)16-9-11-19(25)12-10-16/h2-6,9-12,17-18,20-21H,7-8,13-14H2,1H3/t17-,18+,20+,21+/m1/s1. The lowest BCUT2D eigenvalue weighted by Gasteiger charge is -2.31. The second-order valence-electron chi connectivity index (χ2n) is 8.53. The number of amides is 1. The summed E-state index contributed by atoms with van der Waals surface area (Å²) >= 11 is 0. The monoisotopic (exact) mass is 405 g/mol. The average Bonchev–Trinajstić information content (AvgIpc) is 3.50. The van der Waals surface area contributed by atoms with Crippen molar-refractivity contribution in [1.82, 2.24) is 15.0 Å². The Morgan fingerprint density at radius 3 is 2.60 bits per heavy atom. The van der Waals surface area contributed by atoms with Gasteiger partial charge in [0.1, 0.15) is 5.82 Å². The maximum atomic E-state index is 13.4. The lowest BCUT2D eigenvalue weighted by molar-refractivity contribution is -0.137. The van der Waals surface area contributed by atoms with E-state index in [1.54, 1.807) is 12.1 Å². The van der Waals surface area contributed by atoms with Gasteiger partial charge >= 0.3 is 0 Å². The highest BCUT2D eigenvalue weighted by Gasteiger charge is 2.54. The van der Waals surface area contributed by atoms with Gasteiger partial charge in [-0.3, -0.25) is 4.79 Å². The van der Waals surface area contributed by atoms with Crippen LogP contribution in [0.25, 0.3) is 11.4 Å². The van der Waals surface area contributed by atoms with Gasteiger partial charge in [0.25, 0.3) is 0 Å². The molecule has 2 saturated carbocycles. The fraction of sp³-hybridized carbons (Fsp3) is 0.375. The van der Waals surface area contributed by atoms with Crippen molar-refractivity contribution in [2.45, 2.75) is 31.7 Å². The quantitative estimate of drug-likeness (QED) is 0.619. The van der Waals surface area contributed by atoms with Crippen molar-refractivity contribution in [3.8, 4) is 11.4 Å². The molecule has 30 heavy (non-hydrogen) atoms. The molecule has 2 aliphatic carbocycles. The molecule has 1 aromatic heterocycles. The lowest BCUT2D eigenvalue weighted by Crippen LogP contribution is -2.38. The van der Waals surface area contributed by atoms with Crippen LogP contribution in [0.5, 0.6) is 0 Å². The van der Waals surface area contributed by atoms with Crippen LogP contribution in [0.15, 0.2) is 59.1 Å². The SMILES string of the molecule is CN(Cc1ccccc1)C(=O)[C@H]1[C@H]2CC[C@H](C2)[C@@H]1c1nc(-c2ccc(F)cc2)no1. The summed E-state index contributed by atoms with van der Waals surface area (Å²) in [6.07, 6.45) is 3.21. The molecule has 6 heteroatoms. The van der Waals surface area contributed by atoms with Crippen LogP contribution in [0.2, 0.25) is 0 Å². The van der Waals surface area contributed by atoms with Crippen LogP contribution in [0, 0.1) is 23.6 Å². The van der Waals surface area contributed by atoms with E-state index in [4.69, 9.17) is 4.52 Å². The first-order chi connectivity index (χ1) is 14.6. The van der Waals surface area contributed by atoms with Crippen molar-refractivity contribution < 1.29 is 13.7 Å². The molecule has 2 bridgehead atoms. The van der Waals surface area contributed by atoms with Crippen molar-refractivity contribution in [2.75, 3.05) is 7.05 Å². The number of carbonyl (C=O) groups is 1. The fourth-order valence-corrected chi connectivity index (χ4v) is 5.28. The molecule has 1 amide bonds. The summed E-state index contributed by atoms with van der Waals surface area (Å²) in [5.41, 5.74) is 1.82. The summed E-state index contributed by atoms with van der Waals surface area (Å²) in [6, 6.07) is 16.1. The van der Waals surface area contributed by atoms with Gasteiger partial charge < -0.3 is 9.42 Å². The zero-order chi connectivity index (χ0) is 20.7. The van der Waals surface area contributed by atoms with Crippen molar-refractivity contribution >= 4 is 5.91 Å². The van der Waals surface area contributed by atoms with Crippen LogP contribution in [0.4, 0.5) is 4.39 Å². The molecule has 0 spiro atoms. The maximum absolute atomic E-state index is 13.4. The lowest BCUT2D eigenvalue weighted by atomic mass is 9.78. The summed E-state index contributed by atoms with van der Waals surface area (Å²) in [4.78, 5) is 19.9. The van der Waals surface area contributed by atoms with Gasteiger partial charge in [-0.2, -0.15) is 4.98 Å². The highest BCUT2D eigenvalue weighted by Crippen LogP contribution is 2.57. The van der Waals surface area contributed by atoms with E-state index in [-0.39, 0.29) is 23.6 Å². The molecule has 0 aliphatic heterocycles. The Balaban J connectivity index is 1.39. The predicted octanol–water partition coefficient (Wildman–Crippen LogP) is 4.66. The minimum absolute atomic E-state index is 0.0452. The number of rotatable bonds is 5. The van der Waals surface area contributed by atoms with Crippen LogP contribution in [-0.4, -0.2) is 28.0 Å². The number of fused-ring (bicyclic) bond motifs is 2. The highest BCUT2D eigenvalue weighted by atomic mass is 19.1. The second-order valence-corrected chi connectivity index (χ2v) is 8.53. The second kappa shape index (κ2) is 7.67. The van der Waals surface area contributed by atoms with E-state index in [0.717, 1.165) is 24.8 Å². The number of halogens is 1. The van der Waals surface area contributed by atoms with Gasteiger partial charge in [-0.25, -0.2) is 4.39 Å². The topological polar surface area (TPSA) is 59.2 Å². The van der Waals surface area contributed by atoms with Crippen molar-refractivity contribution in [3.05, 3.63) is 71.9 Å². The minimum Gasteiger partial charge on any atom is -0.341 e. The van der Waals surface area contributed by atoms with E-state index in [9.17, 15) is 9.18 Å². The van der Waals surface area contributed by atoms with Crippen LogP contribution in [0.3, 0.4) is 0 Å². The highest BCUT2D eigenvalue weighted by molar-refractivity contribution is 5.80. The van der Waals surface area contributed by atoms with E-state index in [1.165, 1.54) is 12.1 Å². The van der Waals surface area contributed by atoms with E-state index in [2.05, 4.69) is 10.1 Å². The Labute approximate surface area is 174 Å². The number of aromatic nitrogens is 2. The number of benzene rings is 2. The molecule has 154 valence electrons. The van der Waals surface area contributed by atoms with Gasteiger partial charge in [0.05, 0.1) is 11.8 Å². The molecule has 2 aliphatic rings. The summed E-state index contributed by atoms with van der Waals surface area (Å²) in [7, 11) is 1.87. The first-order valence-electron chi connectivity index (χ1n) is 10.5. The third kappa shape index (κ3) is 3.40. The zero-order valence-corrected chi connectivity index (χ0v) is 16.9. The third-order valence-corrected chi connectivity index (χ3v) is 6.67. The largest absolute Gasteiger partial charge is 0.341 e. The van der Waals surface area contributed by atoms with E-state index in [1.807, 2.05) is 42.3 Å². The smallest absolute Gasteiger partial charge is 0.231 e. The van der Waals surface area contributed by atoms with Gasteiger partial charge in [-0.1, -0.05) is 35.5 Å². The van der Waals surface area contributed by atoms with Gasteiger partial charge in [0.2, 0.25) is 17.6 Å². The minimum atomic E-state index is -0.303. The Morgan fingerprint density at radius 2 is 1.83 bits per heavy atom. The molecule has 0 N–H and O–H groups in total. The number of hydrogen-bond acceptors (Lipinski definition) is 4. The molecule has 0 radical (unpaired) electrons. The summed E-state index contributed by atoms with van der Waals surface area (Å²) in [5, 5.41) is 4.12. The number of hydrogen-bond donors (Lipinski definition) is 0. The predicted molar refractivity (Wildman–Crippen MR) is 110 cm³/mol. The van der Waals surface area contributed by atoms with Crippen LogP contribution < -0.4 is 0 Å². The van der Waals surface area contributed by atoms with Crippen LogP contribution >= 0.6 is 0 Å². The molecular formula is C24H24FN3O2. The first-order valence-corrected chi connectivity index (χ1v) is 10.5. The van der Waals surface area contributed by atoms with E-state index >= 15 is 0 Å². The Kier molecular flexibility index (Phi) is 4.85. The Morgan fingerprint density at radius 1 is 1.10 bits per heavy atom. The molecule has 5 rings (SSSR count). The molecular weight excluding hydrogens is 381 g/mol. The average molecular weight is 405 g/mol. The molecule has 2 aromatic carbocycles. The number of nitrogens with zero attached hydrogens (tertiary/aromatic N) is 3. The van der Waals surface area contributed by atoms with Gasteiger partial charge in [0.15, 0.2) is 0 Å². The molecule has 2 fully saturated rings. The molecule has 5 nitrogen and oxygen atoms in total. The van der Waals surface area contributed by atoms with Crippen molar-refractivity contribution in [1.29, 1.82) is 0 Å². The Hall–Kier alpha value is -3.02. The Bertz CT molecular complexity index is 1030. The van der Waals surface area contributed by atoms with Crippen LogP contribution in [-0.2, 0) is 11.3 Å². The third-order valence-electron chi connectivity index (χ3n) is 6.67. The van der Waals surface area contributed by atoms with Crippen LogP contribution in [0.1, 0.15) is 36.6 Å². The van der Waals surface area contributed by atoms with Gasteiger partial charge in [-0.15, -0.1) is 0 Å². The van der Waals surface area contributed by atoms with Crippen molar-refractivity contribution in [2.24, 2.45) is 17.8 Å². The summed E-state index contributed by atoms with van der Waals surface area (Å²) in [5.74, 6) is 1.42. The van der Waals surface area contributed by atoms with Gasteiger partial charge in [0, 0.05) is 19.2 Å². The van der Waals surface area contributed by atoms with Crippen molar-refractivity contribution in [3.63, 3.8) is 0 Å². The normalized spacial score (nSPS) is 24.9. The van der Waals surface area contributed by atoms with Gasteiger partial charge in [-0.05, 0) is 60.9 Å². The molecule has 4 atom stereocenters.